The second-order valence-corrected chi connectivity index (χ2v) is 4.04. The highest BCUT2D eigenvalue weighted by Crippen LogP contribution is 1.86. The highest BCUT2D eigenvalue weighted by molar-refractivity contribution is 5.97. The molecule has 0 rings (SSSR count). The molecule has 4 heteroatoms. The smallest absolute Gasteiger partial charge is 0.244 e. The summed E-state index contributed by atoms with van der Waals surface area (Å²) in [5, 5.41) is 5.91. The van der Waals surface area contributed by atoms with Gasteiger partial charge in [-0.1, -0.05) is 20.8 Å². The molecule has 0 radical (unpaired) electrons. The predicted molar refractivity (Wildman–Crippen MR) is 65.2 cm³/mol. The summed E-state index contributed by atoms with van der Waals surface area (Å²) in [5.74, 6) is 0.360. The SMILES string of the molecule is CCC(=O)/C=C\C(=O)NCCNCC(C)C. The Morgan fingerprint density at radius 3 is 2.44 bits per heavy atom. The molecule has 0 saturated carbocycles. The van der Waals surface area contributed by atoms with Crippen LogP contribution in [0.15, 0.2) is 12.2 Å². The van der Waals surface area contributed by atoms with E-state index in [0.717, 1.165) is 13.1 Å². The molecule has 0 unspecified atom stereocenters. The van der Waals surface area contributed by atoms with Crippen molar-refractivity contribution in [2.24, 2.45) is 5.92 Å². The quantitative estimate of drug-likeness (QED) is 0.477. The van der Waals surface area contributed by atoms with Gasteiger partial charge in [-0.15, -0.1) is 0 Å². The van der Waals surface area contributed by atoms with E-state index in [1.165, 1.54) is 12.2 Å². The normalized spacial score (nSPS) is 11.0. The van der Waals surface area contributed by atoms with Crippen molar-refractivity contribution in [2.45, 2.75) is 27.2 Å². The van der Waals surface area contributed by atoms with Crippen molar-refractivity contribution in [3.05, 3.63) is 12.2 Å². The first kappa shape index (κ1) is 14.8. The molecule has 0 atom stereocenters. The van der Waals surface area contributed by atoms with E-state index in [9.17, 15) is 9.59 Å². The van der Waals surface area contributed by atoms with Crippen LogP contribution in [0, 0.1) is 5.92 Å². The first-order chi connectivity index (χ1) is 7.56. The lowest BCUT2D eigenvalue weighted by Crippen LogP contribution is -2.32. The molecule has 0 aliphatic rings. The Hall–Kier alpha value is -1.16. The highest BCUT2D eigenvalue weighted by Gasteiger charge is 1.97. The largest absolute Gasteiger partial charge is 0.351 e. The molecule has 0 bridgehead atoms. The summed E-state index contributed by atoms with van der Waals surface area (Å²) in [6.45, 7) is 8.30. The molecule has 1 amide bonds. The van der Waals surface area contributed by atoms with Gasteiger partial charge in [-0.3, -0.25) is 9.59 Å². The van der Waals surface area contributed by atoms with Crippen molar-refractivity contribution in [3.8, 4) is 0 Å². The van der Waals surface area contributed by atoms with Crippen molar-refractivity contribution in [1.29, 1.82) is 0 Å². The van der Waals surface area contributed by atoms with Crippen molar-refractivity contribution in [3.63, 3.8) is 0 Å². The molecular weight excluding hydrogens is 204 g/mol. The van der Waals surface area contributed by atoms with Crippen molar-refractivity contribution < 1.29 is 9.59 Å². The van der Waals surface area contributed by atoms with Gasteiger partial charge < -0.3 is 10.6 Å². The van der Waals surface area contributed by atoms with Crippen LogP contribution in [0.4, 0.5) is 0 Å². The van der Waals surface area contributed by atoms with Gasteiger partial charge in [0.15, 0.2) is 5.78 Å². The van der Waals surface area contributed by atoms with E-state index < -0.39 is 0 Å². The Kier molecular flexibility index (Phi) is 8.43. The number of hydrogen-bond donors (Lipinski definition) is 2. The first-order valence-corrected chi connectivity index (χ1v) is 5.75. The molecule has 4 nitrogen and oxygen atoms in total. The summed E-state index contributed by atoms with van der Waals surface area (Å²) in [6, 6.07) is 0. The van der Waals surface area contributed by atoms with Gasteiger partial charge >= 0.3 is 0 Å². The fourth-order valence-corrected chi connectivity index (χ4v) is 1.01. The van der Waals surface area contributed by atoms with Crippen LogP contribution < -0.4 is 10.6 Å². The Bertz CT molecular complexity index is 247. The average molecular weight is 226 g/mol. The molecule has 0 aliphatic heterocycles. The predicted octanol–water partition coefficient (Wildman–Crippen LogP) is 0.883. The molecule has 0 aromatic rings. The average Bonchev–Trinajstić information content (AvgIpc) is 2.24. The first-order valence-electron chi connectivity index (χ1n) is 5.75. The van der Waals surface area contributed by atoms with E-state index in [0.29, 0.717) is 18.9 Å². The minimum atomic E-state index is -0.215. The third kappa shape index (κ3) is 9.40. The summed E-state index contributed by atoms with van der Waals surface area (Å²) in [6.07, 6.45) is 3.03. The van der Waals surface area contributed by atoms with Gasteiger partial charge in [0.1, 0.15) is 0 Å². The lowest BCUT2D eigenvalue weighted by Gasteiger charge is -2.07. The molecule has 0 saturated heterocycles. The molecule has 16 heavy (non-hydrogen) atoms. The van der Waals surface area contributed by atoms with E-state index in [1.54, 1.807) is 6.92 Å². The minimum Gasteiger partial charge on any atom is -0.351 e. The second kappa shape index (κ2) is 9.09. The lowest BCUT2D eigenvalue weighted by atomic mass is 10.2. The number of ketones is 1. The topological polar surface area (TPSA) is 58.2 Å². The Labute approximate surface area is 97.5 Å². The van der Waals surface area contributed by atoms with Crippen LogP contribution >= 0.6 is 0 Å². The molecule has 92 valence electrons. The van der Waals surface area contributed by atoms with Crippen LogP contribution in [0.25, 0.3) is 0 Å². The molecule has 0 aliphatic carbocycles. The fraction of sp³-hybridized carbons (Fsp3) is 0.667. The zero-order chi connectivity index (χ0) is 12.4. The van der Waals surface area contributed by atoms with Gasteiger partial charge in [-0.25, -0.2) is 0 Å². The third-order valence-corrected chi connectivity index (χ3v) is 1.92. The summed E-state index contributed by atoms with van der Waals surface area (Å²) in [5.41, 5.74) is 0. The second-order valence-electron chi connectivity index (χ2n) is 4.04. The van der Waals surface area contributed by atoms with E-state index in [1.807, 2.05) is 0 Å². The number of nitrogens with one attached hydrogen (secondary N) is 2. The Morgan fingerprint density at radius 2 is 1.88 bits per heavy atom. The minimum absolute atomic E-state index is 0.0342. The number of carbonyl (C=O) groups excluding carboxylic acids is 2. The molecule has 0 heterocycles. The molecule has 0 fully saturated rings. The van der Waals surface area contributed by atoms with Crippen molar-refractivity contribution >= 4 is 11.7 Å². The lowest BCUT2D eigenvalue weighted by molar-refractivity contribution is -0.117. The number of rotatable bonds is 8. The number of carbonyl (C=O) groups is 2. The van der Waals surface area contributed by atoms with Crippen molar-refractivity contribution in [1.82, 2.24) is 10.6 Å². The summed E-state index contributed by atoms with van der Waals surface area (Å²) < 4.78 is 0. The van der Waals surface area contributed by atoms with Gasteiger partial charge in [-0.2, -0.15) is 0 Å². The maximum atomic E-state index is 11.2. The van der Waals surface area contributed by atoms with Crippen LogP contribution in [-0.4, -0.2) is 31.3 Å². The maximum absolute atomic E-state index is 11.2. The van der Waals surface area contributed by atoms with E-state index in [2.05, 4.69) is 24.5 Å². The molecule has 0 aromatic carbocycles. The Morgan fingerprint density at radius 1 is 1.19 bits per heavy atom. The highest BCUT2D eigenvalue weighted by atomic mass is 16.1. The van der Waals surface area contributed by atoms with Gasteiger partial charge in [0.05, 0.1) is 0 Å². The van der Waals surface area contributed by atoms with Gasteiger partial charge in [0.2, 0.25) is 5.91 Å². The summed E-state index contributed by atoms with van der Waals surface area (Å²) in [7, 11) is 0. The van der Waals surface area contributed by atoms with Crippen LogP contribution in [0.1, 0.15) is 27.2 Å². The van der Waals surface area contributed by atoms with Crippen LogP contribution in [0.2, 0.25) is 0 Å². The summed E-state index contributed by atoms with van der Waals surface area (Å²) >= 11 is 0. The van der Waals surface area contributed by atoms with Crippen LogP contribution in [0.3, 0.4) is 0 Å². The van der Waals surface area contributed by atoms with Crippen molar-refractivity contribution in [2.75, 3.05) is 19.6 Å². The third-order valence-electron chi connectivity index (χ3n) is 1.92. The number of amides is 1. The van der Waals surface area contributed by atoms with Gasteiger partial charge in [0.25, 0.3) is 0 Å². The monoisotopic (exact) mass is 226 g/mol. The number of allylic oxidation sites excluding steroid dienone is 1. The van der Waals surface area contributed by atoms with Crippen LogP contribution in [-0.2, 0) is 9.59 Å². The Balaban J connectivity index is 3.51. The van der Waals surface area contributed by atoms with Crippen LogP contribution in [0.5, 0.6) is 0 Å². The summed E-state index contributed by atoms with van der Waals surface area (Å²) in [4.78, 5) is 22.1. The van der Waals surface area contributed by atoms with E-state index in [4.69, 9.17) is 0 Å². The maximum Gasteiger partial charge on any atom is 0.244 e. The zero-order valence-electron chi connectivity index (χ0n) is 10.4. The van der Waals surface area contributed by atoms with Gasteiger partial charge in [-0.05, 0) is 18.5 Å². The molecule has 0 spiro atoms. The molecule has 2 N–H and O–H groups in total. The fourth-order valence-electron chi connectivity index (χ4n) is 1.01. The number of hydrogen-bond acceptors (Lipinski definition) is 3. The molecular formula is C12H22N2O2. The van der Waals surface area contributed by atoms with E-state index in [-0.39, 0.29) is 11.7 Å². The zero-order valence-corrected chi connectivity index (χ0v) is 10.4. The van der Waals surface area contributed by atoms with E-state index >= 15 is 0 Å². The molecule has 0 aromatic heterocycles. The van der Waals surface area contributed by atoms with Gasteiger partial charge in [0, 0.05) is 25.6 Å². The standard InChI is InChI=1S/C12H22N2O2/c1-4-11(15)5-6-12(16)14-8-7-13-9-10(2)3/h5-6,10,13H,4,7-9H2,1-3H3,(H,14,16)/b6-5-.